The van der Waals surface area contributed by atoms with E-state index in [-0.39, 0.29) is 23.6 Å². The summed E-state index contributed by atoms with van der Waals surface area (Å²) in [4.78, 5) is 18.2. The molecule has 2 N–H and O–H groups in total. The summed E-state index contributed by atoms with van der Waals surface area (Å²) >= 11 is 1.68. The highest BCUT2D eigenvalue weighted by atomic mass is 32.2. The Morgan fingerprint density at radius 1 is 1.45 bits per heavy atom. The average molecular weight is 324 g/mol. The van der Waals surface area contributed by atoms with Gasteiger partial charge in [-0.3, -0.25) is 9.78 Å². The fourth-order valence-electron chi connectivity index (χ4n) is 2.90. The van der Waals surface area contributed by atoms with Crippen LogP contribution in [0.15, 0.2) is 6.20 Å². The highest BCUT2D eigenvalue weighted by molar-refractivity contribution is 8.01. The second kappa shape index (κ2) is 7.33. The maximum Gasteiger partial charge on any atom is 0.233 e. The number of aryl methyl sites for hydroxylation is 1. The molecule has 0 saturated carbocycles. The third kappa shape index (κ3) is 3.22. The van der Waals surface area contributed by atoms with Crippen molar-refractivity contribution in [3.8, 4) is 5.75 Å². The van der Waals surface area contributed by atoms with Crippen LogP contribution in [0.3, 0.4) is 0 Å². The minimum atomic E-state index is -0.193. The summed E-state index contributed by atoms with van der Waals surface area (Å²) in [6.45, 7) is 6.14. The number of aromatic nitrogens is 1. The average Bonchev–Trinajstić information content (AvgIpc) is 2.87. The van der Waals surface area contributed by atoms with Gasteiger partial charge >= 0.3 is 0 Å². The van der Waals surface area contributed by atoms with Gasteiger partial charge in [-0.1, -0.05) is 26.7 Å². The summed E-state index contributed by atoms with van der Waals surface area (Å²) < 4.78 is 0. The first kappa shape index (κ1) is 17.1. The number of hydrogen-bond donors (Lipinski definition) is 2. The zero-order valence-corrected chi connectivity index (χ0v) is 14.2. The molecule has 1 aromatic rings. The van der Waals surface area contributed by atoms with E-state index in [1.165, 1.54) is 0 Å². The predicted molar refractivity (Wildman–Crippen MR) is 87.4 cm³/mol. The summed E-state index contributed by atoms with van der Waals surface area (Å²) in [6, 6.07) is 0. The zero-order valence-electron chi connectivity index (χ0n) is 13.4. The molecule has 0 aliphatic carbocycles. The minimum Gasteiger partial charge on any atom is -0.506 e. The van der Waals surface area contributed by atoms with Crippen LogP contribution in [0.2, 0.25) is 0 Å². The lowest BCUT2D eigenvalue weighted by atomic mass is 10.0. The topological polar surface area (TPSA) is 73.7 Å². The molecule has 6 heteroatoms. The summed E-state index contributed by atoms with van der Waals surface area (Å²) in [5.41, 5.74) is 1.71. The molecular formula is C16H24N2O3S. The number of rotatable bonds is 6. The standard InChI is InChI=1S/C16H24N2O3S/c1-4-11(5-2)16-18(14(20)9-22-16)7-13-12(8-19)6-17-10(3)15(13)21/h6,11,16,19,21H,4-5,7-9H2,1-3H3. The fourth-order valence-corrected chi connectivity index (χ4v) is 4.41. The fraction of sp³-hybridized carbons (Fsp3) is 0.625. The van der Waals surface area contributed by atoms with Crippen molar-refractivity contribution in [2.45, 2.75) is 52.1 Å². The monoisotopic (exact) mass is 324 g/mol. The van der Waals surface area contributed by atoms with Gasteiger partial charge in [0.1, 0.15) is 5.75 Å². The number of aliphatic hydroxyl groups is 1. The van der Waals surface area contributed by atoms with Gasteiger partial charge in [0.25, 0.3) is 0 Å². The van der Waals surface area contributed by atoms with Crippen LogP contribution in [0.25, 0.3) is 0 Å². The van der Waals surface area contributed by atoms with Crippen molar-refractivity contribution in [2.75, 3.05) is 5.75 Å². The molecule has 1 unspecified atom stereocenters. The molecule has 22 heavy (non-hydrogen) atoms. The Kier molecular flexibility index (Phi) is 5.69. The zero-order chi connectivity index (χ0) is 16.3. The molecule has 0 spiro atoms. The molecule has 1 saturated heterocycles. The van der Waals surface area contributed by atoms with Gasteiger partial charge in [0.15, 0.2) is 0 Å². The lowest BCUT2D eigenvalue weighted by molar-refractivity contribution is -0.129. The molecule has 2 rings (SSSR count). The Morgan fingerprint density at radius 2 is 2.14 bits per heavy atom. The third-order valence-corrected chi connectivity index (χ3v) is 5.78. The van der Waals surface area contributed by atoms with Crippen molar-refractivity contribution in [2.24, 2.45) is 5.92 Å². The molecule has 1 aliphatic rings. The number of thioether (sulfide) groups is 1. The van der Waals surface area contributed by atoms with Crippen LogP contribution in [-0.4, -0.2) is 37.1 Å². The van der Waals surface area contributed by atoms with Crippen molar-refractivity contribution in [1.29, 1.82) is 0 Å². The molecule has 0 bridgehead atoms. The first-order valence-electron chi connectivity index (χ1n) is 7.71. The second-order valence-corrected chi connectivity index (χ2v) is 6.76. The normalized spacial score (nSPS) is 18.5. The minimum absolute atomic E-state index is 0.0829. The molecule has 1 fully saturated rings. The molecule has 1 atom stereocenters. The number of carbonyl (C=O) groups excluding carboxylic acids is 1. The summed E-state index contributed by atoms with van der Waals surface area (Å²) in [5.74, 6) is 1.11. The number of amides is 1. The Bertz CT molecular complexity index is 546. The van der Waals surface area contributed by atoms with Crippen molar-refractivity contribution >= 4 is 17.7 Å². The Balaban J connectivity index is 2.31. The van der Waals surface area contributed by atoms with E-state index in [2.05, 4.69) is 18.8 Å². The van der Waals surface area contributed by atoms with Gasteiger partial charge in [-0.05, 0) is 12.8 Å². The highest BCUT2D eigenvalue weighted by Crippen LogP contribution is 2.37. The van der Waals surface area contributed by atoms with E-state index >= 15 is 0 Å². The largest absolute Gasteiger partial charge is 0.506 e. The number of aromatic hydroxyl groups is 1. The molecule has 0 aromatic carbocycles. The van der Waals surface area contributed by atoms with Crippen LogP contribution >= 0.6 is 11.8 Å². The lowest BCUT2D eigenvalue weighted by Gasteiger charge is -2.30. The number of pyridine rings is 1. The summed E-state index contributed by atoms with van der Waals surface area (Å²) in [5, 5.41) is 19.9. The molecular weight excluding hydrogens is 300 g/mol. The number of carbonyl (C=O) groups is 1. The Labute approximate surface area is 135 Å². The van der Waals surface area contributed by atoms with Crippen LogP contribution < -0.4 is 0 Å². The van der Waals surface area contributed by atoms with E-state index in [1.807, 2.05) is 4.90 Å². The molecule has 1 amide bonds. The van der Waals surface area contributed by atoms with Crippen LogP contribution in [-0.2, 0) is 17.9 Å². The molecule has 1 aromatic heterocycles. The SMILES string of the molecule is CCC(CC)C1SCC(=O)N1Cc1c(CO)cnc(C)c1O. The van der Waals surface area contributed by atoms with Gasteiger partial charge < -0.3 is 15.1 Å². The summed E-state index contributed by atoms with van der Waals surface area (Å²) in [7, 11) is 0. The Hall–Kier alpha value is -1.27. The van der Waals surface area contributed by atoms with E-state index in [1.54, 1.807) is 24.9 Å². The molecule has 1 aliphatic heterocycles. The van der Waals surface area contributed by atoms with Gasteiger partial charge in [0, 0.05) is 17.3 Å². The van der Waals surface area contributed by atoms with Gasteiger partial charge in [-0.2, -0.15) is 0 Å². The number of aliphatic hydroxyl groups excluding tert-OH is 1. The van der Waals surface area contributed by atoms with Gasteiger partial charge in [-0.25, -0.2) is 0 Å². The third-order valence-electron chi connectivity index (χ3n) is 4.39. The van der Waals surface area contributed by atoms with E-state index in [9.17, 15) is 15.0 Å². The Morgan fingerprint density at radius 3 is 2.73 bits per heavy atom. The number of hydrogen-bond acceptors (Lipinski definition) is 5. The van der Waals surface area contributed by atoms with E-state index in [0.717, 1.165) is 12.8 Å². The van der Waals surface area contributed by atoms with Crippen LogP contribution in [0.4, 0.5) is 0 Å². The maximum atomic E-state index is 12.3. The van der Waals surface area contributed by atoms with Crippen LogP contribution in [0, 0.1) is 12.8 Å². The van der Waals surface area contributed by atoms with Crippen molar-refractivity contribution in [3.63, 3.8) is 0 Å². The lowest BCUT2D eigenvalue weighted by Crippen LogP contribution is -2.37. The van der Waals surface area contributed by atoms with E-state index in [0.29, 0.717) is 35.0 Å². The smallest absolute Gasteiger partial charge is 0.233 e. The first-order valence-corrected chi connectivity index (χ1v) is 8.76. The van der Waals surface area contributed by atoms with Crippen molar-refractivity contribution in [3.05, 3.63) is 23.0 Å². The second-order valence-electron chi connectivity index (χ2n) is 5.65. The van der Waals surface area contributed by atoms with E-state index in [4.69, 9.17) is 0 Å². The van der Waals surface area contributed by atoms with Gasteiger partial charge in [0.05, 0.1) is 30.0 Å². The maximum absolute atomic E-state index is 12.3. The highest BCUT2D eigenvalue weighted by Gasteiger charge is 2.36. The predicted octanol–water partition coefficient (Wildman–Crippen LogP) is 2.43. The number of nitrogens with zero attached hydrogens (tertiary/aromatic N) is 2. The van der Waals surface area contributed by atoms with E-state index < -0.39 is 0 Å². The molecule has 122 valence electrons. The van der Waals surface area contributed by atoms with Crippen LogP contribution in [0.1, 0.15) is 43.5 Å². The quantitative estimate of drug-likeness (QED) is 0.841. The molecule has 5 nitrogen and oxygen atoms in total. The van der Waals surface area contributed by atoms with Gasteiger partial charge in [0.2, 0.25) is 5.91 Å². The van der Waals surface area contributed by atoms with Crippen LogP contribution in [0.5, 0.6) is 5.75 Å². The molecule has 2 heterocycles. The van der Waals surface area contributed by atoms with Gasteiger partial charge in [-0.15, -0.1) is 11.8 Å². The summed E-state index contributed by atoms with van der Waals surface area (Å²) in [6.07, 6.45) is 3.61. The molecule has 0 radical (unpaired) electrons. The first-order chi connectivity index (χ1) is 10.5. The van der Waals surface area contributed by atoms with Crippen molar-refractivity contribution < 1.29 is 15.0 Å². The van der Waals surface area contributed by atoms with Crippen molar-refractivity contribution in [1.82, 2.24) is 9.88 Å².